The first-order chi connectivity index (χ1) is 14.5. The van der Waals surface area contributed by atoms with Crippen molar-refractivity contribution in [3.8, 4) is 11.3 Å². The minimum atomic E-state index is -3.51. The third-order valence-corrected chi connectivity index (χ3v) is 4.91. The van der Waals surface area contributed by atoms with Gasteiger partial charge in [0.25, 0.3) is 5.91 Å². The summed E-state index contributed by atoms with van der Waals surface area (Å²) in [5.41, 5.74) is 5.26. The monoisotopic (exact) mass is 440 g/mol. The van der Waals surface area contributed by atoms with Crippen LogP contribution in [0.15, 0.2) is 66.0 Å². The lowest BCUT2D eigenvalue weighted by Gasteiger charge is -2.21. The quantitative estimate of drug-likeness (QED) is 0.441. The topological polar surface area (TPSA) is 110 Å². The molecule has 0 radical (unpaired) electrons. The number of sulfone groups is 1. The Kier molecular flexibility index (Phi) is 6.37. The Hall–Kier alpha value is -3.30. The average Bonchev–Trinajstić information content (AvgIpc) is 2.72. The number of nitrogens with one attached hydrogen (secondary N) is 2. The number of nitrogens with zero attached hydrogens (tertiary/aromatic N) is 2. The highest BCUT2D eigenvalue weighted by atomic mass is 32.2. The second-order valence-corrected chi connectivity index (χ2v) is 9.80. The summed E-state index contributed by atoms with van der Waals surface area (Å²) in [6.07, 6.45) is 2.45. The summed E-state index contributed by atoms with van der Waals surface area (Å²) in [4.78, 5) is 26.2. The van der Waals surface area contributed by atoms with Crippen molar-refractivity contribution in [3.05, 3.63) is 66.4 Å². The Morgan fingerprint density at radius 1 is 0.968 bits per heavy atom. The molecule has 0 saturated heterocycles. The van der Waals surface area contributed by atoms with Gasteiger partial charge in [-0.1, -0.05) is 24.3 Å². The molecule has 3 aromatic rings. The van der Waals surface area contributed by atoms with E-state index in [2.05, 4.69) is 20.8 Å². The van der Waals surface area contributed by atoms with Gasteiger partial charge in [-0.25, -0.2) is 18.4 Å². The fourth-order valence-electron chi connectivity index (χ4n) is 2.56. The fraction of sp³-hybridized carbons (Fsp3) is 0.227. The standard InChI is InChI=1S/C22H24N4O4S/c1-22(2,3)30-26-19-8-6-5-7-18(19)24-20(27)16-11-9-15(10-12-16)17-13-14-23-21(25-17)31(4,28)29/h5-14,26H,1-4H3,(H,24,27). The first-order valence-electron chi connectivity index (χ1n) is 9.51. The summed E-state index contributed by atoms with van der Waals surface area (Å²) in [6, 6.07) is 15.5. The fourth-order valence-corrected chi connectivity index (χ4v) is 3.07. The van der Waals surface area contributed by atoms with Gasteiger partial charge in [0.05, 0.1) is 22.7 Å². The molecule has 3 rings (SSSR count). The van der Waals surface area contributed by atoms with E-state index in [1.165, 1.54) is 6.20 Å². The van der Waals surface area contributed by atoms with Crippen molar-refractivity contribution in [2.75, 3.05) is 17.1 Å². The first-order valence-corrected chi connectivity index (χ1v) is 11.4. The highest BCUT2D eigenvalue weighted by molar-refractivity contribution is 7.90. The summed E-state index contributed by atoms with van der Waals surface area (Å²) in [5.74, 6) is -0.295. The van der Waals surface area contributed by atoms with Gasteiger partial charge in [0.2, 0.25) is 15.0 Å². The number of para-hydroxylation sites is 2. The van der Waals surface area contributed by atoms with Crippen LogP contribution in [0.5, 0.6) is 0 Å². The van der Waals surface area contributed by atoms with Gasteiger partial charge in [0.15, 0.2) is 0 Å². The molecular weight excluding hydrogens is 416 g/mol. The molecule has 9 heteroatoms. The van der Waals surface area contributed by atoms with Gasteiger partial charge in [-0.2, -0.15) is 0 Å². The van der Waals surface area contributed by atoms with Crippen LogP contribution in [0.1, 0.15) is 31.1 Å². The van der Waals surface area contributed by atoms with Crippen molar-refractivity contribution < 1.29 is 18.0 Å². The van der Waals surface area contributed by atoms with Gasteiger partial charge >= 0.3 is 0 Å². The van der Waals surface area contributed by atoms with Crippen molar-refractivity contribution in [3.63, 3.8) is 0 Å². The summed E-state index contributed by atoms with van der Waals surface area (Å²) in [7, 11) is -3.51. The lowest BCUT2D eigenvalue weighted by Crippen LogP contribution is -2.23. The number of carbonyl (C=O) groups is 1. The second-order valence-electron chi connectivity index (χ2n) is 7.89. The predicted octanol–water partition coefficient (Wildman–Crippen LogP) is 3.94. The molecule has 162 valence electrons. The largest absolute Gasteiger partial charge is 0.320 e. The number of aromatic nitrogens is 2. The molecule has 2 N–H and O–H groups in total. The van der Waals surface area contributed by atoms with Gasteiger partial charge in [0, 0.05) is 23.6 Å². The molecule has 0 aliphatic rings. The van der Waals surface area contributed by atoms with E-state index < -0.39 is 15.4 Å². The van der Waals surface area contributed by atoms with Crippen LogP contribution in [0, 0.1) is 0 Å². The average molecular weight is 441 g/mol. The normalized spacial score (nSPS) is 11.7. The van der Waals surface area contributed by atoms with Crippen LogP contribution in [0.3, 0.4) is 0 Å². The molecule has 0 unspecified atom stereocenters. The van der Waals surface area contributed by atoms with Crippen LogP contribution in [-0.2, 0) is 14.7 Å². The molecule has 1 amide bonds. The molecule has 31 heavy (non-hydrogen) atoms. The molecule has 1 heterocycles. The Labute approximate surface area is 181 Å². The molecule has 0 aliphatic carbocycles. The zero-order chi connectivity index (χ0) is 22.6. The van der Waals surface area contributed by atoms with Crippen LogP contribution in [0.25, 0.3) is 11.3 Å². The molecule has 0 atom stereocenters. The lowest BCUT2D eigenvalue weighted by molar-refractivity contribution is 0.0376. The molecule has 2 aromatic carbocycles. The zero-order valence-electron chi connectivity index (χ0n) is 17.7. The minimum Gasteiger partial charge on any atom is -0.320 e. The van der Waals surface area contributed by atoms with Crippen LogP contribution in [0.4, 0.5) is 11.4 Å². The highest BCUT2D eigenvalue weighted by Gasteiger charge is 2.15. The molecule has 8 nitrogen and oxygen atoms in total. The first kappa shape index (κ1) is 22.4. The van der Waals surface area contributed by atoms with Crippen molar-refractivity contribution >= 4 is 27.1 Å². The van der Waals surface area contributed by atoms with Gasteiger partial charge in [-0.15, -0.1) is 0 Å². The lowest BCUT2D eigenvalue weighted by atomic mass is 10.1. The highest BCUT2D eigenvalue weighted by Crippen LogP contribution is 2.24. The molecule has 0 saturated carbocycles. The third-order valence-electron chi connectivity index (χ3n) is 4.05. The van der Waals surface area contributed by atoms with Gasteiger partial charge < -0.3 is 5.32 Å². The van der Waals surface area contributed by atoms with E-state index in [4.69, 9.17) is 4.84 Å². The Balaban J connectivity index is 1.76. The van der Waals surface area contributed by atoms with Crippen molar-refractivity contribution in [2.45, 2.75) is 31.5 Å². The summed E-state index contributed by atoms with van der Waals surface area (Å²) in [6.45, 7) is 5.75. The van der Waals surface area contributed by atoms with Gasteiger partial charge in [-0.3, -0.25) is 15.1 Å². The molecular formula is C22H24N4O4S. The number of rotatable bonds is 6. The molecule has 0 spiro atoms. The number of hydrogen-bond donors (Lipinski definition) is 2. The number of amides is 1. The third kappa shape index (κ3) is 6.09. The van der Waals surface area contributed by atoms with E-state index in [-0.39, 0.29) is 11.1 Å². The number of anilines is 2. The number of hydrogen-bond acceptors (Lipinski definition) is 7. The minimum absolute atomic E-state index is 0.242. The van der Waals surface area contributed by atoms with E-state index in [0.717, 1.165) is 6.26 Å². The summed E-state index contributed by atoms with van der Waals surface area (Å²) >= 11 is 0. The maximum absolute atomic E-state index is 12.7. The van der Waals surface area contributed by atoms with Crippen LogP contribution < -0.4 is 10.8 Å². The van der Waals surface area contributed by atoms with Crippen LogP contribution >= 0.6 is 0 Å². The van der Waals surface area contributed by atoms with E-state index in [0.29, 0.717) is 28.2 Å². The van der Waals surface area contributed by atoms with E-state index in [1.807, 2.05) is 32.9 Å². The Bertz CT molecular complexity index is 1190. The predicted molar refractivity (Wildman–Crippen MR) is 119 cm³/mol. The zero-order valence-corrected chi connectivity index (χ0v) is 18.5. The smallest absolute Gasteiger partial charge is 0.255 e. The van der Waals surface area contributed by atoms with E-state index in [1.54, 1.807) is 42.5 Å². The second kappa shape index (κ2) is 8.83. The van der Waals surface area contributed by atoms with Crippen LogP contribution in [0.2, 0.25) is 0 Å². The Morgan fingerprint density at radius 3 is 2.23 bits per heavy atom. The van der Waals surface area contributed by atoms with Gasteiger partial charge in [0.1, 0.15) is 0 Å². The Morgan fingerprint density at radius 2 is 1.61 bits per heavy atom. The van der Waals surface area contributed by atoms with Crippen molar-refractivity contribution in [1.82, 2.24) is 9.97 Å². The summed E-state index contributed by atoms with van der Waals surface area (Å²) in [5, 5.41) is 2.62. The molecule has 1 aromatic heterocycles. The summed E-state index contributed by atoms with van der Waals surface area (Å²) < 4.78 is 23.3. The number of carbonyl (C=O) groups excluding carboxylic acids is 1. The van der Waals surface area contributed by atoms with Crippen molar-refractivity contribution in [2.24, 2.45) is 0 Å². The molecule has 0 fully saturated rings. The van der Waals surface area contributed by atoms with E-state index in [9.17, 15) is 13.2 Å². The maximum Gasteiger partial charge on any atom is 0.255 e. The van der Waals surface area contributed by atoms with Crippen LogP contribution in [-0.4, -0.2) is 36.1 Å². The SMILES string of the molecule is CC(C)(C)ONc1ccccc1NC(=O)c1ccc(-c2ccnc(S(C)(=O)=O)n2)cc1. The number of benzene rings is 2. The van der Waals surface area contributed by atoms with Crippen molar-refractivity contribution in [1.29, 1.82) is 0 Å². The van der Waals surface area contributed by atoms with E-state index >= 15 is 0 Å². The molecule has 0 aliphatic heterocycles. The van der Waals surface area contributed by atoms with Gasteiger partial charge in [-0.05, 0) is 51.1 Å². The maximum atomic E-state index is 12.7. The molecule has 0 bridgehead atoms.